The molecule has 1 aromatic rings. The summed E-state index contributed by atoms with van der Waals surface area (Å²) in [5.41, 5.74) is 0.752. The zero-order valence-electron chi connectivity index (χ0n) is 17.9. The smallest absolute Gasteiger partial charge is 0.323 e. The maximum absolute atomic E-state index is 13.1. The van der Waals surface area contributed by atoms with Gasteiger partial charge < -0.3 is 15.1 Å². The molecular formula is C20H34N6O2S. The molecule has 3 heterocycles. The number of thiazole rings is 1. The first-order valence-electron chi connectivity index (χ1n) is 10.6. The highest BCUT2D eigenvalue weighted by Gasteiger charge is 2.28. The predicted molar refractivity (Wildman–Crippen MR) is 117 cm³/mol. The second kappa shape index (κ2) is 10.4. The van der Waals surface area contributed by atoms with Gasteiger partial charge in [0.1, 0.15) is 0 Å². The van der Waals surface area contributed by atoms with Gasteiger partial charge in [0.2, 0.25) is 5.91 Å². The number of anilines is 1. The van der Waals surface area contributed by atoms with Gasteiger partial charge in [0.15, 0.2) is 5.13 Å². The van der Waals surface area contributed by atoms with Crippen LogP contribution in [0.3, 0.4) is 0 Å². The summed E-state index contributed by atoms with van der Waals surface area (Å²) >= 11 is 1.44. The van der Waals surface area contributed by atoms with Crippen LogP contribution in [-0.4, -0.2) is 97.6 Å². The van der Waals surface area contributed by atoms with Crippen molar-refractivity contribution >= 4 is 28.4 Å². The van der Waals surface area contributed by atoms with E-state index in [4.69, 9.17) is 0 Å². The van der Waals surface area contributed by atoms with E-state index in [0.717, 1.165) is 51.3 Å². The minimum absolute atomic E-state index is 0.100. The number of carbonyl (C=O) groups excluding carboxylic acids is 2. The van der Waals surface area contributed by atoms with Crippen molar-refractivity contribution < 1.29 is 9.59 Å². The Kier molecular flexibility index (Phi) is 7.85. The topological polar surface area (TPSA) is 72.0 Å². The first-order valence-corrected chi connectivity index (χ1v) is 11.5. The lowest BCUT2D eigenvalue weighted by Gasteiger charge is -2.31. The molecule has 2 aliphatic heterocycles. The third-order valence-electron chi connectivity index (χ3n) is 5.69. The molecule has 2 fully saturated rings. The minimum Gasteiger partial charge on any atom is -0.340 e. The third kappa shape index (κ3) is 5.90. The van der Waals surface area contributed by atoms with E-state index in [2.05, 4.69) is 27.0 Å². The molecule has 1 N–H and O–H groups in total. The van der Waals surface area contributed by atoms with E-state index in [1.54, 1.807) is 4.90 Å². The number of amides is 3. The van der Waals surface area contributed by atoms with Crippen molar-refractivity contribution in [1.29, 1.82) is 0 Å². The van der Waals surface area contributed by atoms with Crippen molar-refractivity contribution in [1.82, 2.24) is 25.0 Å². The number of likely N-dealkylation sites (tertiary alicyclic amines) is 1. The van der Waals surface area contributed by atoms with Crippen LogP contribution in [0.5, 0.6) is 0 Å². The Morgan fingerprint density at radius 3 is 2.86 bits per heavy atom. The second-order valence-corrected chi connectivity index (χ2v) is 8.94. The van der Waals surface area contributed by atoms with Crippen molar-refractivity contribution in [2.24, 2.45) is 0 Å². The molecule has 0 aliphatic carbocycles. The SMILES string of the molecule is CCN1CCCC1CN(CCN(C)C)C(=O)Cc1csc(N2CCCNC2=O)n1. The standard InChI is InChI=1S/C20H34N6O2S/c1-4-24-9-5-7-17(24)14-25(12-11-23(2)3)18(27)13-16-15-29-20(22-16)26-10-6-8-21-19(26)28/h15,17H,4-14H2,1-3H3,(H,21,28). The molecule has 3 amide bonds. The molecule has 0 saturated carbocycles. The summed E-state index contributed by atoms with van der Waals surface area (Å²) in [6.07, 6.45) is 3.57. The Morgan fingerprint density at radius 2 is 2.14 bits per heavy atom. The molecule has 0 bridgehead atoms. The molecule has 1 atom stereocenters. The van der Waals surface area contributed by atoms with Gasteiger partial charge in [-0.25, -0.2) is 9.78 Å². The lowest BCUT2D eigenvalue weighted by molar-refractivity contribution is -0.131. The summed E-state index contributed by atoms with van der Waals surface area (Å²) in [6.45, 7) is 8.10. The Morgan fingerprint density at radius 1 is 1.31 bits per heavy atom. The molecule has 2 saturated heterocycles. The number of likely N-dealkylation sites (N-methyl/N-ethyl adjacent to an activating group) is 2. The lowest BCUT2D eigenvalue weighted by Crippen LogP contribution is -2.46. The fraction of sp³-hybridized carbons (Fsp3) is 0.750. The van der Waals surface area contributed by atoms with Crippen molar-refractivity contribution in [3.8, 4) is 0 Å². The molecule has 162 valence electrons. The Bertz CT molecular complexity index is 694. The van der Waals surface area contributed by atoms with Gasteiger partial charge in [-0.15, -0.1) is 11.3 Å². The van der Waals surface area contributed by atoms with Crippen molar-refractivity contribution in [2.75, 3.05) is 64.8 Å². The van der Waals surface area contributed by atoms with Gasteiger partial charge in [0.05, 0.1) is 12.1 Å². The van der Waals surface area contributed by atoms with E-state index in [1.165, 1.54) is 17.8 Å². The van der Waals surface area contributed by atoms with E-state index in [9.17, 15) is 9.59 Å². The lowest BCUT2D eigenvalue weighted by atomic mass is 10.2. The van der Waals surface area contributed by atoms with E-state index < -0.39 is 0 Å². The van der Waals surface area contributed by atoms with Crippen molar-refractivity contribution in [3.05, 3.63) is 11.1 Å². The summed E-state index contributed by atoms with van der Waals surface area (Å²) in [6, 6.07) is 0.353. The number of nitrogens with one attached hydrogen (secondary N) is 1. The Balaban J connectivity index is 1.63. The summed E-state index contributed by atoms with van der Waals surface area (Å²) in [4.78, 5) is 38.0. The van der Waals surface area contributed by atoms with Gasteiger partial charge in [-0.3, -0.25) is 14.6 Å². The first kappa shape index (κ1) is 22.0. The molecule has 8 nitrogen and oxygen atoms in total. The molecule has 0 radical (unpaired) electrons. The van der Waals surface area contributed by atoms with Gasteiger partial charge in [-0.1, -0.05) is 6.92 Å². The highest BCUT2D eigenvalue weighted by atomic mass is 32.1. The summed E-state index contributed by atoms with van der Waals surface area (Å²) in [7, 11) is 4.07. The monoisotopic (exact) mass is 422 g/mol. The van der Waals surface area contributed by atoms with E-state index in [0.29, 0.717) is 24.3 Å². The Labute approximate surface area is 177 Å². The number of hydrogen-bond donors (Lipinski definition) is 1. The highest BCUT2D eigenvalue weighted by molar-refractivity contribution is 7.14. The van der Waals surface area contributed by atoms with Gasteiger partial charge in [0, 0.05) is 44.1 Å². The van der Waals surface area contributed by atoms with Crippen LogP contribution >= 0.6 is 11.3 Å². The van der Waals surface area contributed by atoms with Crippen LogP contribution in [0.25, 0.3) is 0 Å². The number of hydrogen-bond acceptors (Lipinski definition) is 6. The molecule has 9 heteroatoms. The van der Waals surface area contributed by atoms with Crippen LogP contribution in [0.1, 0.15) is 31.9 Å². The van der Waals surface area contributed by atoms with Gasteiger partial charge >= 0.3 is 6.03 Å². The number of urea groups is 1. The highest BCUT2D eigenvalue weighted by Crippen LogP contribution is 2.23. The summed E-state index contributed by atoms with van der Waals surface area (Å²) < 4.78 is 0. The zero-order valence-corrected chi connectivity index (χ0v) is 18.7. The molecule has 29 heavy (non-hydrogen) atoms. The van der Waals surface area contributed by atoms with Crippen molar-refractivity contribution in [2.45, 2.75) is 38.6 Å². The second-order valence-electron chi connectivity index (χ2n) is 8.10. The average Bonchev–Trinajstić information content (AvgIpc) is 3.34. The largest absolute Gasteiger partial charge is 0.340 e. The molecule has 0 spiro atoms. The van der Waals surface area contributed by atoms with Crippen LogP contribution in [0.2, 0.25) is 0 Å². The van der Waals surface area contributed by atoms with Gasteiger partial charge in [-0.2, -0.15) is 0 Å². The molecule has 2 aliphatic rings. The maximum atomic E-state index is 13.1. The number of nitrogens with zero attached hydrogens (tertiary/aromatic N) is 5. The molecule has 0 aromatic carbocycles. The van der Waals surface area contributed by atoms with E-state index >= 15 is 0 Å². The summed E-state index contributed by atoms with van der Waals surface area (Å²) in [5, 5.41) is 5.43. The minimum atomic E-state index is -0.100. The quantitative estimate of drug-likeness (QED) is 0.653. The third-order valence-corrected chi connectivity index (χ3v) is 6.60. The maximum Gasteiger partial charge on any atom is 0.323 e. The van der Waals surface area contributed by atoms with Crippen LogP contribution in [-0.2, 0) is 11.2 Å². The van der Waals surface area contributed by atoms with Crippen molar-refractivity contribution in [3.63, 3.8) is 0 Å². The molecule has 3 rings (SSSR count). The zero-order chi connectivity index (χ0) is 20.8. The average molecular weight is 423 g/mol. The normalized spacial score (nSPS) is 20.3. The molecule has 1 aromatic heterocycles. The number of aromatic nitrogens is 1. The Hall–Kier alpha value is -1.71. The fourth-order valence-corrected chi connectivity index (χ4v) is 4.84. The van der Waals surface area contributed by atoms with Crippen LogP contribution in [0, 0.1) is 0 Å². The summed E-state index contributed by atoms with van der Waals surface area (Å²) in [5.74, 6) is 0.120. The number of carbonyl (C=O) groups is 2. The van der Waals surface area contributed by atoms with Crippen LogP contribution < -0.4 is 10.2 Å². The fourth-order valence-electron chi connectivity index (χ4n) is 3.99. The number of rotatable bonds is 9. The molecule has 1 unspecified atom stereocenters. The van der Waals surface area contributed by atoms with Gasteiger partial charge in [0.25, 0.3) is 0 Å². The first-order chi connectivity index (χ1) is 14.0. The predicted octanol–water partition coefficient (Wildman–Crippen LogP) is 1.48. The van der Waals surface area contributed by atoms with Crippen LogP contribution in [0.4, 0.5) is 9.93 Å². The molecular weight excluding hydrogens is 388 g/mol. The van der Waals surface area contributed by atoms with E-state index in [-0.39, 0.29) is 18.4 Å². The van der Waals surface area contributed by atoms with Gasteiger partial charge in [-0.05, 0) is 46.4 Å². The van der Waals surface area contributed by atoms with E-state index in [1.807, 2.05) is 24.4 Å². The van der Waals surface area contributed by atoms with Crippen LogP contribution in [0.15, 0.2) is 5.38 Å².